The fraction of sp³-hybridized carbons (Fsp3) is 0.560. The molecule has 0 aliphatic carbocycles. The topological polar surface area (TPSA) is 89.0 Å². The molecule has 0 saturated carbocycles. The summed E-state index contributed by atoms with van der Waals surface area (Å²) in [5.74, 6) is -1.42. The van der Waals surface area contributed by atoms with Gasteiger partial charge in [0.25, 0.3) is 0 Å². The molecule has 0 spiro atoms. The van der Waals surface area contributed by atoms with Crippen molar-refractivity contribution >= 4 is 23.0 Å². The van der Waals surface area contributed by atoms with Crippen LogP contribution in [0.2, 0.25) is 0 Å². The normalized spacial score (nSPS) is 19.9. The molecule has 1 aromatic carbocycles. The Morgan fingerprint density at radius 3 is 2.67 bits per heavy atom. The molecule has 8 heteroatoms. The summed E-state index contributed by atoms with van der Waals surface area (Å²) in [6.07, 6.45) is 1.86. The first-order valence-corrected chi connectivity index (χ1v) is 11.4. The van der Waals surface area contributed by atoms with E-state index in [1.54, 1.807) is 51.0 Å². The maximum atomic E-state index is 15.2. The Morgan fingerprint density at radius 1 is 1.33 bits per heavy atom. The Kier molecular flexibility index (Phi) is 7.44. The van der Waals surface area contributed by atoms with E-state index in [4.69, 9.17) is 9.47 Å². The zero-order valence-corrected chi connectivity index (χ0v) is 19.9. The van der Waals surface area contributed by atoms with Crippen LogP contribution in [0.5, 0.6) is 5.75 Å². The Morgan fingerprint density at radius 2 is 2.06 bits per heavy atom. The number of carbonyl (C=O) groups excluding carboxylic acids is 1. The predicted octanol–water partition coefficient (Wildman–Crippen LogP) is 5.22. The molecule has 180 valence electrons. The Balaban J connectivity index is 1.98. The molecule has 2 aromatic rings. The summed E-state index contributed by atoms with van der Waals surface area (Å²) < 4.78 is 26.1. The number of fused-ring (bicyclic) bond motifs is 1. The number of ether oxygens (including phenoxy) is 2. The number of benzene rings is 1. The van der Waals surface area contributed by atoms with Gasteiger partial charge >= 0.3 is 12.1 Å². The van der Waals surface area contributed by atoms with Crippen LogP contribution in [-0.4, -0.2) is 52.9 Å². The SMILES string of the molecule is CCC(c1c(F)cnc2ccc(OC)cc12)C1CCN(C(=O)OC(C)(C)C)CC1CC(=O)O. The van der Waals surface area contributed by atoms with Gasteiger partial charge in [0.15, 0.2) is 0 Å². The van der Waals surface area contributed by atoms with E-state index in [0.29, 0.717) is 41.6 Å². The lowest BCUT2D eigenvalue weighted by molar-refractivity contribution is -0.139. The van der Waals surface area contributed by atoms with Gasteiger partial charge in [-0.05, 0) is 69.6 Å². The van der Waals surface area contributed by atoms with E-state index in [2.05, 4.69) is 4.98 Å². The summed E-state index contributed by atoms with van der Waals surface area (Å²) in [6.45, 7) is 8.06. The maximum Gasteiger partial charge on any atom is 0.410 e. The number of carboxylic acid groups (broad SMARTS) is 1. The fourth-order valence-corrected chi connectivity index (χ4v) is 4.91. The van der Waals surface area contributed by atoms with Crippen LogP contribution in [0.1, 0.15) is 58.4 Å². The lowest BCUT2D eigenvalue weighted by Crippen LogP contribution is -2.47. The highest BCUT2D eigenvalue weighted by atomic mass is 19.1. The molecule has 2 heterocycles. The first-order chi connectivity index (χ1) is 15.5. The quantitative estimate of drug-likeness (QED) is 0.635. The second kappa shape index (κ2) is 9.93. The van der Waals surface area contributed by atoms with Crippen LogP contribution in [0.4, 0.5) is 9.18 Å². The number of halogens is 1. The first kappa shape index (κ1) is 24.7. The summed E-state index contributed by atoms with van der Waals surface area (Å²) in [5, 5.41) is 10.3. The van der Waals surface area contributed by atoms with Gasteiger partial charge in [0.1, 0.15) is 17.2 Å². The number of pyridine rings is 1. The summed E-state index contributed by atoms with van der Waals surface area (Å²) in [5.41, 5.74) is 0.555. The number of rotatable bonds is 6. The third-order valence-corrected chi connectivity index (χ3v) is 6.28. The number of amides is 1. The van der Waals surface area contributed by atoms with Gasteiger partial charge in [-0.25, -0.2) is 9.18 Å². The highest BCUT2D eigenvalue weighted by molar-refractivity contribution is 5.84. The number of carbonyl (C=O) groups is 2. The Labute approximate surface area is 193 Å². The average Bonchev–Trinajstić information content (AvgIpc) is 2.74. The van der Waals surface area contributed by atoms with Gasteiger partial charge in [0, 0.05) is 24.0 Å². The molecule has 0 radical (unpaired) electrons. The molecule has 0 bridgehead atoms. The number of likely N-dealkylation sites (tertiary alicyclic amines) is 1. The zero-order valence-electron chi connectivity index (χ0n) is 19.9. The summed E-state index contributed by atoms with van der Waals surface area (Å²) >= 11 is 0. The van der Waals surface area contributed by atoms with E-state index < -0.39 is 23.5 Å². The van der Waals surface area contributed by atoms with E-state index in [1.807, 2.05) is 6.92 Å². The molecule has 1 saturated heterocycles. The third kappa shape index (κ3) is 5.72. The lowest BCUT2D eigenvalue weighted by Gasteiger charge is -2.42. The van der Waals surface area contributed by atoms with Crippen molar-refractivity contribution in [3.8, 4) is 5.75 Å². The second-order valence-corrected chi connectivity index (χ2v) is 9.65. The van der Waals surface area contributed by atoms with Crippen LogP contribution in [0.3, 0.4) is 0 Å². The van der Waals surface area contributed by atoms with E-state index in [1.165, 1.54) is 6.20 Å². The molecular weight excluding hydrogens is 427 g/mol. The van der Waals surface area contributed by atoms with Gasteiger partial charge in [-0.3, -0.25) is 9.78 Å². The molecule has 3 unspecified atom stereocenters. The molecule has 7 nitrogen and oxygen atoms in total. The van der Waals surface area contributed by atoms with Crippen molar-refractivity contribution in [3.63, 3.8) is 0 Å². The fourth-order valence-electron chi connectivity index (χ4n) is 4.91. The summed E-state index contributed by atoms with van der Waals surface area (Å²) in [6, 6.07) is 5.36. The highest BCUT2D eigenvalue weighted by Gasteiger charge is 2.39. The van der Waals surface area contributed by atoms with Gasteiger partial charge in [-0.15, -0.1) is 0 Å². The Bertz CT molecular complexity index is 1020. The summed E-state index contributed by atoms with van der Waals surface area (Å²) in [4.78, 5) is 30.1. The minimum atomic E-state index is -0.937. The van der Waals surface area contributed by atoms with Crippen molar-refractivity contribution in [1.29, 1.82) is 0 Å². The van der Waals surface area contributed by atoms with E-state index in [9.17, 15) is 14.7 Å². The van der Waals surface area contributed by atoms with E-state index in [0.717, 1.165) is 0 Å². The monoisotopic (exact) mass is 460 g/mol. The second-order valence-electron chi connectivity index (χ2n) is 9.65. The highest BCUT2D eigenvalue weighted by Crippen LogP contribution is 2.43. The van der Waals surface area contributed by atoms with Gasteiger partial charge < -0.3 is 19.5 Å². The molecule has 1 aliphatic rings. The molecule has 3 atom stereocenters. The number of methoxy groups -OCH3 is 1. The van der Waals surface area contributed by atoms with Crippen LogP contribution in [0, 0.1) is 17.7 Å². The molecule has 1 N–H and O–H groups in total. The molecule has 1 amide bonds. The third-order valence-electron chi connectivity index (χ3n) is 6.28. The van der Waals surface area contributed by atoms with Gasteiger partial charge in [-0.2, -0.15) is 0 Å². The molecule has 33 heavy (non-hydrogen) atoms. The molecule has 1 aromatic heterocycles. The van der Waals surface area contributed by atoms with E-state index >= 15 is 4.39 Å². The van der Waals surface area contributed by atoms with Crippen LogP contribution in [0.25, 0.3) is 10.9 Å². The van der Waals surface area contributed by atoms with Gasteiger partial charge in [0.2, 0.25) is 0 Å². The number of hydrogen-bond acceptors (Lipinski definition) is 5. The van der Waals surface area contributed by atoms with Crippen LogP contribution in [-0.2, 0) is 9.53 Å². The smallest absolute Gasteiger partial charge is 0.410 e. The van der Waals surface area contributed by atoms with Crippen LogP contribution in [0.15, 0.2) is 24.4 Å². The van der Waals surface area contributed by atoms with Crippen molar-refractivity contribution in [1.82, 2.24) is 9.88 Å². The first-order valence-electron chi connectivity index (χ1n) is 11.4. The minimum absolute atomic E-state index is 0.103. The Hall–Kier alpha value is -2.90. The molecular formula is C25H33FN2O5. The number of carboxylic acids is 1. The number of nitrogens with zero attached hydrogens (tertiary/aromatic N) is 2. The van der Waals surface area contributed by atoms with Gasteiger partial charge in [-0.1, -0.05) is 6.92 Å². The maximum absolute atomic E-state index is 15.2. The molecule has 1 aliphatic heterocycles. The van der Waals surface area contributed by atoms with Crippen LogP contribution >= 0.6 is 0 Å². The largest absolute Gasteiger partial charge is 0.497 e. The zero-order chi connectivity index (χ0) is 24.3. The number of aromatic nitrogens is 1. The van der Waals surface area contributed by atoms with Crippen LogP contribution < -0.4 is 4.74 Å². The summed E-state index contributed by atoms with van der Waals surface area (Å²) in [7, 11) is 1.56. The average molecular weight is 461 g/mol. The van der Waals surface area contributed by atoms with Crippen molar-refractivity contribution in [3.05, 3.63) is 35.8 Å². The van der Waals surface area contributed by atoms with Crippen molar-refractivity contribution in [2.24, 2.45) is 11.8 Å². The predicted molar refractivity (Wildman–Crippen MR) is 123 cm³/mol. The number of aliphatic carboxylic acids is 1. The van der Waals surface area contributed by atoms with Gasteiger partial charge in [0.05, 0.1) is 25.2 Å². The lowest BCUT2D eigenvalue weighted by atomic mass is 9.71. The van der Waals surface area contributed by atoms with Crippen molar-refractivity contribution in [2.75, 3.05) is 20.2 Å². The van der Waals surface area contributed by atoms with E-state index in [-0.39, 0.29) is 30.7 Å². The van der Waals surface area contributed by atoms with Crippen molar-refractivity contribution in [2.45, 2.75) is 58.5 Å². The molecule has 3 rings (SSSR count). The molecule has 1 fully saturated rings. The number of piperidine rings is 1. The number of hydrogen-bond donors (Lipinski definition) is 1. The standard InChI is InChI=1S/C25H33FN2O5/c1-6-17(23-19-12-16(32-5)7-8-21(19)27-13-20(23)26)18-9-10-28(14-15(18)11-22(29)30)24(31)33-25(2,3)4/h7-8,12-13,15,17-18H,6,9-11,14H2,1-5H3,(H,29,30). The van der Waals surface area contributed by atoms with Crippen molar-refractivity contribution < 1.29 is 28.6 Å². The minimum Gasteiger partial charge on any atom is -0.497 e.